The van der Waals surface area contributed by atoms with Gasteiger partial charge >= 0.3 is 0 Å². The number of carbonyl (C=O) groups excluding carboxylic acids is 1. The Morgan fingerprint density at radius 2 is 2.11 bits per heavy atom. The van der Waals surface area contributed by atoms with Gasteiger partial charge in [0.25, 0.3) is 5.56 Å². The van der Waals surface area contributed by atoms with Crippen molar-refractivity contribution in [2.75, 3.05) is 13.2 Å². The molecule has 2 aromatic heterocycles. The van der Waals surface area contributed by atoms with Crippen LogP contribution in [0.15, 0.2) is 17.4 Å². The smallest absolute Gasteiger partial charge is 0.281 e. The van der Waals surface area contributed by atoms with Gasteiger partial charge in [0, 0.05) is 13.5 Å². The van der Waals surface area contributed by atoms with E-state index < -0.39 is 35.9 Å². The zero-order valence-corrected chi connectivity index (χ0v) is 15.2. The van der Waals surface area contributed by atoms with E-state index in [4.69, 9.17) is 9.47 Å². The molecule has 0 radical (unpaired) electrons. The normalized spacial score (nSPS) is 30.9. The number of fused-ring (bicyclic) bond motifs is 1. The van der Waals surface area contributed by atoms with Gasteiger partial charge in [-0.25, -0.2) is 9.97 Å². The summed E-state index contributed by atoms with van der Waals surface area (Å²) < 4.78 is 13.7. The summed E-state index contributed by atoms with van der Waals surface area (Å²) in [5, 5.41) is 31.2. The Morgan fingerprint density at radius 1 is 1.41 bits per heavy atom. The van der Waals surface area contributed by atoms with Crippen molar-refractivity contribution in [1.82, 2.24) is 19.1 Å². The fraction of sp³-hybridized carbons (Fsp3) is 0.625. The van der Waals surface area contributed by atoms with Crippen molar-refractivity contribution in [1.29, 1.82) is 0 Å². The molecule has 11 nitrogen and oxygen atoms in total. The first-order valence-electron chi connectivity index (χ1n) is 8.37. The lowest BCUT2D eigenvalue weighted by molar-refractivity contribution is -0.316. The molecule has 1 aliphatic heterocycles. The summed E-state index contributed by atoms with van der Waals surface area (Å²) in [7, 11) is 1.52. The molecule has 11 heteroatoms. The summed E-state index contributed by atoms with van der Waals surface area (Å²) in [5.74, 6) is -2.49. The van der Waals surface area contributed by atoms with E-state index >= 15 is 0 Å². The maximum atomic E-state index is 12.2. The van der Waals surface area contributed by atoms with Crippen molar-refractivity contribution in [2.45, 2.75) is 44.0 Å². The average Bonchev–Trinajstić information content (AvgIpc) is 3.13. The van der Waals surface area contributed by atoms with Crippen LogP contribution in [0.25, 0.3) is 11.2 Å². The Hall–Kier alpha value is -2.18. The third-order valence-electron chi connectivity index (χ3n) is 4.83. The predicted octanol–water partition coefficient (Wildman–Crippen LogP) is -1.76. The van der Waals surface area contributed by atoms with Gasteiger partial charge in [-0.3, -0.25) is 14.2 Å². The molecular weight excluding hydrogens is 360 g/mol. The van der Waals surface area contributed by atoms with E-state index in [-0.39, 0.29) is 30.0 Å². The van der Waals surface area contributed by atoms with E-state index in [1.165, 1.54) is 42.7 Å². The monoisotopic (exact) mass is 382 g/mol. The minimum Gasteiger partial charge on any atom is -0.394 e. The Bertz CT molecular complexity index is 925. The van der Waals surface area contributed by atoms with Gasteiger partial charge in [0.05, 0.1) is 25.9 Å². The van der Waals surface area contributed by atoms with Gasteiger partial charge in [0.1, 0.15) is 18.0 Å². The lowest BCUT2D eigenvalue weighted by Crippen LogP contribution is -2.58. The maximum absolute atomic E-state index is 12.2. The van der Waals surface area contributed by atoms with Gasteiger partial charge in [0.2, 0.25) is 11.5 Å². The maximum Gasteiger partial charge on any atom is 0.281 e. The van der Waals surface area contributed by atoms with Gasteiger partial charge in [-0.05, 0) is 13.8 Å². The summed E-state index contributed by atoms with van der Waals surface area (Å²) in [6.45, 7) is 2.02. The Morgan fingerprint density at radius 3 is 2.74 bits per heavy atom. The van der Waals surface area contributed by atoms with Crippen LogP contribution in [0, 0.1) is 0 Å². The molecule has 0 unspecified atom stereocenters. The van der Waals surface area contributed by atoms with E-state index in [1.54, 1.807) is 0 Å². The van der Waals surface area contributed by atoms with Crippen molar-refractivity contribution in [2.24, 2.45) is 7.05 Å². The number of ketones is 1. The Labute approximate surface area is 153 Å². The number of nitrogens with zero attached hydrogens (tertiary/aromatic N) is 4. The lowest BCUT2D eigenvalue weighted by Gasteiger charge is -2.39. The highest BCUT2D eigenvalue weighted by molar-refractivity contribution is 5.75. The van der Waals surface area contributed by atoms with Crippen LogP contribution in [0.1, 0.15) is 20.3 Å². The SMILES string of the molecule is CC(=O)CCO[C@@]1(O)[C@H](O)[C@@H](CO)O[C@@]1(C)n1cnc2c(=O)n(C)cnc21. The molecule has 0 spiro atoms. The van der Waals surface area contributed by atoms with E-state index in [0.717, 1.165) is 0 Å². The average molecular weight is 382 g/mol. The molecule has 3 N–H and O–H groups in total. The Kier molecular flexibility index (Phi) is 4.91. The van der Waals surface area contributed by atoms with Crippen LogP contribution in [-0.4, -0.2) is 71.4 Å². The molecule has 1 saturated heterocycles. The molecule has 3 heterocycles. The number of carbonyl (C=O) groups is 1. The van der Waals surface area contributed by atoms with Crippen molar-refractivity contribution in [3.05, 3.63) is 23.0 Å². The van der Waals surface area contributed by atoms with Crippen LogP contribution in [-0.2, 0) is 27.0 Å². The number of aromatic nitrogens is 4. The summed E-state index contributed by atoms with van der Waals surface area (Å²) >= 11 is 0. The quantitative estimate of drug-likeness (QED) is 0.494. The van der Waals surface area contributed by atoms with Gasteiger partial charge in [-0.15, -0.1) is 0 Å². The molecule has 0 saturated carbocycles. The first kappa shape index (κ1) is 19.6. The fourth-order valence-electron chi connectivity index (χ4n) is 3.20. The molecule has 4 atom stereocenters. The number of ether oxygens (including phenoxy) is 2. The number of rotatable bonds is 6. The third-order valence-corrected chi connectivity index (χ3v) is 4.83. The molecule has 3 rings (SSSR count). The van der Waals surface area contributed by atoms with Gasteiger partial charge < -0.3 is 29.4 Å². The third kappa shape index (κ3) is 2.87. The van der Waals surface area contributed by atoms with Crippen LogP contribution >= 0.6 is 0 Å². The zero-order chi connectivity index (χ0) is 20.0. The van der Waals surface area contributed by atoms with Crippen LogP contribution < -0.4 is 5.56 Å². The fourth-order valence-corrected chi connectivity index (χ4v) is 3.20. The number of imidazole rings is 1. The number of aliphatic hydroxyl groups excluding tert-OH is 2. The summed E-state index contributed by atoms with van der Waals surface area (Å²) in [6.07, 6.45) is -0.246. The number of aliphatic hydroxyl groups is 3. The number of Topliss-reactive ketones (excluding diaryl/α,β-unsaturated/α-hetero) is 1. The minimum atomic E-state index is -2.33. The highest BCUT2D eigenvalue weighted by atomic mass is 16.7. The van der Waals surface area contributed by atoms with Gasteiger partial charge in [-0.2, -0.15) is 0 Å². The van der Waals surface area contributed by atoms with Crippen molar-refractivity contribution >= 4 is 16.9 Å². The molecule has 1 fully saturated rings. The molecule has 148 valence electrons. The van der Waals surface area contributed by atoms with Gasteiger partial charge in [-0.1, -0.05) is 0 Å². The predicted molar refractivity (Wildman–Crippen MR) is 90.6 cm³/mol. The minimum absolute atomic E-state index is 0.0123. The van der Waals surface area contributed by atoms with Crippen LogP contribution in [0.2, 0.25) is 0 Å². The Balaban J connectivity index is 2.11. The molecule has 0 amide bonds. The number of hydrogen-bond donors (Lipinski definition) is 3. The van der Waals surface area contributed by atoms with Crippen LogP contribution in [0.5, 0.6) is 0 Å². The topological polar surface area (TPSA) is 149 Å². The van der Waals surface area contributed by atoms with Crippen LogP contribution in [0.4, 0.5) is 0 Å². The zero-order valence-electron chi connectivity index (χ0n) is 15.2. The standard InChI is InChI=1S/C16H22N4O7/c1-9(22)4-5-26-16(25)12(23)10(6-21)27-15(16,2)20-8-17-11-13(20)18-7-19(3)14(11)24/h7-8,10,12,21,23,25H,4-6H2,1-3H3/t10-,12-,15-,16+/m1/s1. The molecule has 0 aromatic carbocycles. The second-order valence-corrected chi connectivity index (χ2v) is 6.71. The van der Waals surface area contributed by atoms with E-state index in [9.17, 15) is 24.9 Å². The molecule has 0 aliphatic carbocycles. The van der Waals surface area contributed by atoms with Gasteiger partial charge in [0.15, 0.2) is 11.2 Å². The molecule has 2 aromatic rings. The summed E-state index contributed by atoms with van der Waals surface area (Å²) in [6, 6.07) is 0. The molecular formula is C16H22N4O7. The highest BCUT2D eigenvalue weighted by Crippen LogP contribution is 2.45. The van der Waals surface area contributed by atoms with Crippen LogP contribution in [0.3, 0.4) is 0 Å². The first-order chi connectivity index (χ1) is 12.7. The highest BCUT2D eigenvalue weighted by Gasteiger charge is 2.65. The summed E-state index contributed by atoms with van der Waals surface area (Å²) in [4.78, 5) is 31.6. The molecule has 1 aliphatic rings. The summed E-state index contributed by atoms with van der Waals surface area (Å²) in [5.41, 5.74) is -2.02. The van der Waals surface area contributed by atoms with E-state index in [1.807, 2.05) is 0 Å². The largest absolute Gasteiger partial charge is 0.394 e. The van der Waals surface area contributed by atoms with Crippen molar-refractivity contribution < 1.29 is 29.6 Å². The molecule has 27 heavy (non-hydrogen) atoms. The van der Waals surface area contributed by atoms with Crippen molar-refractivity contribution in [3.8, 4) is 0 Å². The lowest BCUT2D eigenvalue weighted by atomic mass is 9.98. The second-order valence-electron chi connectivity index (χ2n) is 6.71. The van der Waals surface area contributed by atoms with Crippen molar-refractivity contribution in [3.63, 3.8) is 0 Å². The van der Waals surface area contributed by atoms with E-state index in [0.29, 0.717) is 0 Å². The number of hydrogen-bond acceptors (Lipinski definition) is 9. The first-order valence-corrected chi connectivity index (χ1v) is 8.37. The molecule has 0 bridgehead atoms. The second kappa shape index (κ2) is 6.77. The van der Waals surface area contributed by atoms with E-state index in [2.05, 4.69) is 9.97 Å². The number of aryl methyl sites for hydroxylation is 1.